The Morgan fingerprint density at radius 3 is 2.00 bits per heavy atom. The van der Waals surface area contributed by atoms with Crippen molar-refractivity contribution in [3.63, 3.8) is 0 Å². The molecule has 0 unspecified atom stereocenters. The molecular formula is C11H20O2S. The zero-order chi connectivity index (χ0) is 10.9. The van der Waals surface area contributed by atoms with Gasteiger partial charge in [-0.25, -0.2) is 8.42 Å². The summed E-state index contributed by atoms with van der Waals surface area (Å²) in [6, 6.07) is 0. The van der Waals surface area contributed by atoms with Crippen molar-refractivity contribution in [1.82, 2.24) is 0 Å². The molecule has 0 amide bonds. The van der Waals surface area contributed by atoms with E-state index in [9.17, 15) is 8.42 Å². The van der Waals surface area contributed by atoms with E-state index in [-0.39, 0.29) is 5.92 Å². The molecule has 0 N–H and O–H groups in total. The fourth-order valence-electron chi connectivity index (χ4n) is 2.19. The van der Waals surface area contributed by atoms with Crippen LogP contribution >= 0.6 is 0 Å². The van der Waals surface area contributed by atoms with Gasteiger partial charge in [0, 0.05) is 4.91 Å². The molecule has 0 spiro atoms. The van der Waals surface area contributed by atoms with Crippen LogP contribution in [0.3, 0.4) is 0 Å². The number of hydrogen-bond acceptors (Lipinski definition) is 2. The Labute approximate surface area is 87.3 Å². The highest BCUT2D eigenvalue weighted by Gasteiger charge is 2.29. The summed E-state index contributed by atoms with van der Waals surface area (Å²) < 4.78 is 23.8. The van der Waals surface area contributed by atoms with Gasteiger partial charge in [-0.1, -0.05) is 33.3 Å². The van der Waals surface area contributed by atoms with Crippen molar-refractivity contribution in [2.24, 2.45) is 11.8 Å². The van der Waals surface area contributed by atoms with Crippen molar-refractivity contribution in [2.75, 3.05) is 5.75 Å². The summed E-state index contributed by atoms with van der Waals surface area (Å²) in [6.45, 7) is 8.11. The SMILES string of the molecule is CC(C)C1=C(C(C)C)S(=O)(=O)CCC1. The Kier molecular flexibility index (Phi) is 3.40. The second-order valence-corrected chi connectivity index (χ2v) is 6.70. The predicted molar refractivity (Wildman–Crippen MR) is 59.7 cm³/mol. The van der Waals surface area contributed by atoms with Gasteiger partial charge in [0.2, 0.25) is 0 Å². The molecular weight excluding hydrogens is 196 g/mol. The summed E-state index contributed by atoms with van der Waals surface area (Å²) in [7, 11) is -2.94. The third-order valence-corrected chi connectivity index (χ3v) is 4.96. The lowest BCUT2D eigenvalue weighted by atomic mass is 9.94. The van der Waals surface area contributed by atoms with E-state index in [0.29, 0.717) is 11.7 Å². The molecule has 0 aromatic rings. The topological polar surface area (TPSA) is 34.1 Å². The molecule has 0 saturated heterocycles. The second-order valence-electron chi connectivity index (χ2n) is 4.62. The molecule has 2 nitrogen and oxygen atoms in total. The maximum atomic E-state index is 11.9. The first-order chi connectivity index (χ1) is 6.36. The van der Waals surface area contributed by atoms with Crippen LogP contribution in [0.5, 0.6) is 0 Å². The molecule has 1 heterocycles. The number of rotatable bonds is 2. The summed E-state index contributed by atoms with van der Waals surface area (Å²) in [6.07, 6.45) is 1.76. The fraction of sp³-hybridized carbons (Fsp3) is 0.818. The van der Waals surface area contributed by atoms with E-state index in [1.54, 1.807) is 0 Å². The Morgan fingerprint density at radius 2 is 1.64 bits per heavy atom. The van der Waals surface area contributed by atoms with Gasteiger partial charge in [0.05, 0.1) is 5.75 Å². The van der Waals surface area contributed by atoms with Crippen molar-refractivity contribution in [2.45, 2.75) is 40.5 Å². The molecule has 0 fully saturated rings. The third-order valence-electron chi connectivity index (χ3n) is 2.73. The van der Waals surface area contributed by atoms with Crippen molar-refractivity contribution < 1.29 is 8.42 Å². The molecule has 0 atom stereocenters. The van der Waals surface area contributed by atoms with Crippen LogP contribution in [-0.4, -0.2) is 14.2 Å². The van der Waals surface area contributed by atoms with E-state index >= 15 is 0 Å². The third kappa shape index (κ3) is 2.19. The highest BCUT2D eigenvalue weighted by atomic mass is 32.2. The maximum absolute atomic E-state index is 11.9. The molecule has 0 aromatic carbocycles. The summed E-state index contributed by atoms with van der Waals surface area (Å²) in [5.41, 5.74) is 1.16. The fourth-order valence-corrected chi connectivity index (χ4v) is 4.39. The summed E-state index contributed by atoms with van der Waals surface area (Å²) in [4.78, 5) is 0.721. The predicted octanol–water partition coefficient (Wildman–Crippen LogP) is 2.76. The molecule has 0 saturated carbocycles. The number of sulfone groups is 1. The lowest BCUT2D eigenvalue weighted by molar-refractivity contribution is 0.573. The van der Waals surface area contributed by atoms with Gasteiger partial charge in [0.1, 0.15) is 0 Å². The minimum Gasteiger partial charge on any atom is -0.224 e. The molecule has 1 rings (SSSR count). The minimum absolute atomic E-state index is 0.137. The smallest absolute Gasteiger partial charge is 0.174 e. The quantitative estimate of drug-likeness (QED) is 0.711. The highest BCUT2D eigenvalue weighted by Crippen LogP contribution is 2.34. The van der Waals surface area contributed by atoms with Gasteiger partial charge in [0.15, 0.2) is 9.84 Å². The van der Waals surface area contributed by atoms with Gasteiger partial charge in [-0.15, -0.1) is 0 Å². The van der Waals surface area contributed by atoms with Gasteiger partial charge in [0.25, 0.3) is 0 Å². The van der Waals surface area contributed by atoms with E-state index in [0.717, 1.165) is 23.3 Å². The Bertz CT molecular complexity index is 334. The van der Waals surface area contributed by atoms with Gasteiger partial charge in [-0.3, -0.25) is 0 Å². The molecule has 82 valence electrons. The van der Waals surface area contributed by atoms with Crippen LogP contribution in [0.2, 0.25) is 0 Å². The van der Waals surface area contributed by atoms with Crippen LogP contribution in [0.1, 0.15) is 40.5 Å². The highest BCUT2D eigenvalue weighted by molar-refractivity contribution is 7.95. The van der Waals surface area contributed by atoms with Gasteiger partial charge >= 0.3 is 0 Å². The minimum atomic E-state index is -2.94. The Hall–Kier alpha value is -0.310. The van der Waals surface area contributed by atoms with Crippen LogP contribution in [0, 0.1) is 11.8 Å². The molecule has 0 radical (unpaired) electrons. The van der Waals surface area contributed by atoms with E-state index < -0.39 is 9.84 Å². The molecule has 3 heteroatoms. The number of allylic oxidation sites excluding steroid dienone is 2. The van der Waals surface area contributed by atoms with E-state index in [1.807, 2.05) is 13.8 Å². The van der Waals surface area contributed by atoms with Gasteiger partial charge < -0.3 is 0 Å². The second kappa shape index (κ2) is 4.05. The normalized spacial score (nSPS) is 22.1. The molecule has 0 aliphatic carbocycles. The van der Waals surface area contributed by atoms with Crippen molar-refractivity contribution >= 4 is 9.84 Å². The van der Waals surface area contributed by atoms with Crippen LogP contribution in [0.25, 0.3) is 0 Å². The molecule has 14 heavy (non-hydrogen) atoms. The maximum Gasteiger partial charge on any atom is 0.174 e. The summed E-state index contributed by atoms with van der Waals surface area (Å²) in [5.74, 6) is 0.844. The average Bonchev–Trinajstić information content (AvgIpc) is 2.00. The first-order valence-electron chi connectivity index (χ1n) is 5.32. The van der Waals surface area contributed by atoms with Crippen LogP contribution in [0.15, 0.2) is 10.5 Å². The molecule has 1 aliphatic heterocycles. The van der Waals surface area contributed by atoms with E-state index in [4.69, 9.17) is 0 Å². The zero-order valence-corrected chi connectivity index (χ0v) is 10.3. The zero-order valence-electron chi connectivity index (χ0n) is 9.50. The van der Waals surface area contributed by atoms with Crippen molar-refractivity contribution in [1.29, 1.82) is 0 Å². The van der Waals surface area contributed by atoms with Crippen molar-refractivity contribution in [3.8, 4) is 0 Å². The van der Waals surface area contributed by atoms with Gasteiger partial charge in [-0.05, 0) is 24.7 Å². The Balaban J connectivity index is 3.28. The lowest BCUT2D eigenvalue weighted by Crippen LogP contribution is -2.22. The van der Waals surface area contributed by atoms with Gasteiger partial charge in [-0.2, -0.15) is 0 Å². The molecule has 1 aliphatic rings. The average molecular weight is 216 g/mol. The Morgan fingerprint density at radius 1 is 1.07 bits per heavy atom. The first-order valence-corrected chi connectivity index (χ1v) is 6.97. The largest absolute Gasteiger partial charge is 0.224 e. The van der Waals surface area contributed by atoms with E-state index in [1.165, 1.54) is 0 Å². The summed E-state index contributed by atoms with van der Waals surface area (Å²) >= 11 is 0. The standard InChI is InChI=1S/C11H20O2S/c1-8(2)10-6-5-7-14(12,13)11(10)9(3)4/h8-9H,5-7H2,1-4H3. The van der Waals surface area contributed by atoms with Crippen LogP contribution in [0.4, 0.5) is 0 Å². The first kappa shape index (κ1) is 11.8. The monoisotopic (exact) mass is 216 g/mol. The van der Waals surface area contributed by atoms with Crippen LogP contribution < -0.4 is 0 Å². The molecule has 0 aromatic heterocycles. The van der Waals surface area contributed by atoms with Crippen LogP contribution in [-0.2, 0) is 9.84 Å². The number of hydrogen-bond donors (Lipinski definition) is 0. The van der Waals surface area contributed by atoms with Crippen molar-refractivity contribution in [3.05, 3.63) is 10.5 Å². The summed E-state index contributed by atoms with van der Waals surface area (Å²) in [5, 5.41) is 0. The van der Waals surface area contributed by atoms with E-state index in [2.05, 4.69) is 13.8 Å². The molecule has 0 bridgehead atoms. The lowest BCUT2D eigenvalue weighted by Gasteiger charge is -2.25.